The lowest BCUT2D eigenvalue weighted by atomic mass is 9.92. The zero-order chi connectivity index (χ0) is 28.8. The Kier molecular flexibility index (Phi) is 6.92. The second-order valence-corrected chi connectivity index (χ2v) is 12.1. The number of halogens is 1. The first-order chi connectivity index (χ1) is 20.5. The van der Waals surface area contributed by atoms with Crippen LogP contribution in [0.1, 0.15) is 90.1 Å². The molecule has 7 nitrogen and oxygen atoms in total. The molecule has 7 rings (SSSR count). The van der Waals surface area contributed by atoms with Gasteiger partial charge in [0.1, 0.15) is 11.6 Å². The van der Waals surface area contributed by atoms with Crippen LogP contribution in [0.4, 0.5) is 15.9 Å². The van der Waals surface area contributed by atoms with Crippen molar-refractivity contribution in [2.24, 2.45) is 0 Å². The van der Waals surface area contributed by atoms with E-state index in [1.165, 1.54) is 24.1 Å². The molecule has 2 aliphatic heterocycles. The molecule has 42 heavy (non-hydrogen) atoms. The van der Waals surface area contributed by atoms with E-state index in [9.17, 15) is 9.18 Å². The molecule has 1 saturated carbocycles. The number of benzene rings is 2. The summed E-state index contributed by atoms with van der Waals surface area (Å²) in [5.41, 5.74) is 12.7. The van der Waals surface area contributed by atoms with E-state index in [-0.39, 0.29) is 23.8 Å². The molecule has 216 valence electrons. The molecule has 0 spiro atoms. The Labute approximate surface area is 246 Å². The Bertz CT molecular complexity index is 1620. The number of aromatic nitrogens is 3. The fraction of sp³-hybridized carbons (Fsp3) is 0.382. The minimum Gasteiger partial charge on any atom is -0.382 e. The molecule has 1 amide bonds. The predicted octanol–water partition coefficient (Wildman–Crippen LogP) is 6.88. The fourth-order valence-electron chi connectivity index (χ4n) is 7.30. The number of pyridine rings is 1. The lowest BCUT2D eigenvalue weighted by Gasteiger charge is -2.30. The van der Waals surface area contributed by atoms with Crippen LogP contribution >= 0.6 is 0 Å². The van der Waals surface area contributed by atoms with E-state index < -0.39 is 0 Å². The Morgan fingerprint density at radius 1 is 0.952 bits per heavy atom. The highest BCUT2D eigenvalue weighted by atomic mass is 19.1. The largest absolute Gasteiger partial charge is 0.382 e. The van der Waals surface area contributed by atoms with Crippen molar-refractivity contribution in [1.29, 1.82) is 0 Å². The van der Waals surface area contributed by atoms with Gasteiger partial charge in [-0.3, -0.25) is 9.48 Å². The summed E-state index contributed by atoms with van der Waals surface area (Å²) in [7, 11) is 1.80. The van der Waals surface area contributed by atoms with Crippen molar-refractivity contribution in [2.75, 3.05) is 24.2 Å². The van der Waals surface area contributed by atoms with Gasteiger partial charge in [0.2, 0.25) is 0 Å². The molecule has 2 unspecified atom stereocenters. The van der Waals surface area contributed by atoms with Gasteiger partial charge in [0.05, 0.1) is 30.0 Å². The molecule has 1 saturated heterocycles. The molecule has 4 aromatic rings. The second kappa shape index (κ2) is 10.9. The summed E-state index contributed by atoms with van der Waals surface area (Å²) in [6.07, 6.45) is 11.3. The molecule has 3 aliphatic rings. The average Bonchev–Trinajstić information content (AvgIpc) is 3.58. The van der Waals surface area contributed by atoms with Crippen LogP contribution in [0.5, 0.6) is 0 Å². The number of carbonyl (C=O) groups is 1. The SMILES string of the molecule is CN1Cc2nn(C3CCCC(c4ccccc4)CC3)cc2-c2cnc(N)c(c2)N2CCC[C@@H]2c2cc(F)ccc2C1=O. The van der Waals surface area contributed by atoms with Gasteiger partial charge in [-0.25, -0.2) is 9.37 Å². The number of carbonyl (C=O) groups excluding carboxylic acids is 1. The van der Waals surface area contributed by atoms with E-state index in [1.807, 2.05) is 6.20 Å². The van der Waals surface area contributed by atoms with Crippen molar-refractivity contribution in [3.63, 3.8) is 0 Å². The summed E-state index contributed by atoms with van der Waals surface area (Å²) < 4.78 is 16.7. The Balaban J connectivity index is 1.29. The quantitative estimate of drug-likeness (QED) is 0.269. The predicted molar refractivity (Wildman–Crippen MR) is 163 cm³/mol. The van der Waals surface area contributed by atoms with E-state index in [1.54, 1.807) is 18.0 Å². The van der Waals surface area contributed by atoms with Crippen LogP contribution in [0.2, 0.25) is 0 Å². The number of rotatable bonds is 2. The smallest absolute Gasteiger partial charge is 0.254 e. The molecule has 2 aromatic carbocycles. The lowest BCUT2D eigenvalue weighted by molar-refractivity contribution is 0.0781. The number of anilines is 2. The molecule has 2 bridgehead atoms. The third-order valence-corrected chi connectivity index (χ3v) is 9.50. The van der Waals surface area contributed by atoms with Crippen molar-refractivity contribution < 1.29 is 9.18 Å². The Morgan fingerprint density at radius 2 is 1.81 bits per heavy atom. The van der Waals surface area contributed by atoms with Gasteiger partial charge >= 0.3 is 0 Å². The van der Waals surface area contributed by atoms with E-state index in [0.717, 1.165) is 67.6 Å². The molecule has 4 heterocycles. The standard InChI is InChI=1S/C34H37FN6O/c1-39-21-30-29(20-41(38-30)26-10-5-9-23(12-14-26)22-7-3-2-4-8-22)24-17-32(33(36)37-19-24)40-16-6-11-31(40)28-18-25(35)13-15-27(28)34(39)42/h2-4,7-8,13,15,17-20,23,26,31H,5-6,9-12,14,16,21H2,1H3,(H2,36,37)/t23?,26?,31-/m1/s1. The third kappa shape index (κ3) is 4.82. The second-order valence-electron chi connectivity index (χ2n) is 12.1. The number of amides is 1. The first-order valence-electron chi connectivity index (χ1n) is 15.2. The van der Waals surface area contributed by atoms with Gasteiger partial charge in [0, 0.05) is 42.7 Å². The van der Waals surface area contributed by atoms with Gasteiger partial charge in [0.15, 0.2) is 0 Å². The van der Waals surface area contributed by atoms with Crippen molar-refractivity contribution in [2.45, 2.75) is 69.5 Å². The molecule has 0 radical (unpaired) electrons. The maximum atomic E-state index is 14.6. The number of nitrogens with two attached hydrogens (primary N) is 1. The lowest BCUT2D eigenvalue weighted by Crippen LogP contribution is -2.31. The first-order valence-corrected chi connectivity index (χ1v) is 15.2. The van der Waals surface area contributed by atoms with Crippen LogP contribution in [-0.2, 0) is 6.54 Å². The first kappa shape index (κ1) is 26.7. The summed E-state index contributed by atoms with van der Waals surface area (Å²) in [5.74, 6) is 0.529. The van der Waals surface area contributed by atoms with Gasteiger partial charge in [-0.15, -0.1) is 0 Å². The highest BCUT2D eigenvalue weighted by Crippen LogP contribution is 2.43. The van der Waals surface area contributed by atoms with Gasteiger partial charge in [-0.1, -0.05) is 36.8 Å². The summed E-state index contributed by atoms with van der Waals surface area (Å²) in [6, 6.07) is 17.6. The van der Waals surface area contributed by atoms with Crippen molar-refractivity contribution in [1.82, 2.24) is 19.7 Å². The Morgan fingerprint density at radius 3 is 2.67 bits per heavy atom. The normalized spacial score (nSPS) is 22.4. The van der Waals surface area contributed by atoms with E-state index >= 15 is 0 Å². The zero-order valence-electron chi connectivity index (χ0n) is 24.0. The number of hydrogen-bond acceptors (Lipinski definition) is 5. The van der Waals surface area contributed by atoms with Gasteiger partial charge in [-0.2, -0.15) is 5.10 Å². The summed E-state index contributed by atoms with van der Waals surface area (Å²) in [4.78, 5) is 22.4. The topological polar surface area (TPSA) is 80.3 Å². The molecule has 3 atom stereocenters. The van der Waals surface area contributed by atoms with Gasteiger partial charge in [-0.05, 0) is 79.8 Å². The molecular weight excluding hydrogens is 527 g/mol. The highest BCUT2D eigenvalue weighted by Gasteiger charge is 2.33. The van der Waals surface area contributed by atoms with Crippen LogP contribution in [0, 0.1) is 5.82 Å². The van der Waals surface area contributed by atoms with E-state index in [0.29, 0.717) is 29.4 Å². The maximum Gasteiger partial charge on any atom is 0.254 e. The third-order valence-electron chi connectivity index (χ3n) is 9.50. The average molecular weight is 565 g/mol. The van der Waals surface area contributed by atoms with Crippen molar-refractivity contribution >= 4 is 17.4 Å². The number of nitrogen functional groups attached to an aromatic ring is 1. The fourth-order valence-corrected chi connectivity index (χ4v) is 7.30. The monoisotopic (exact) mass is 564 g/mol. The molecule has 1 aliphatic carbocycles. The zero-order valence-corrected chi connectivity index (χ0v) is 24.0. The van der Waals surface area contributed by atoms with Crippen LogP contribution < -0.4 is 10.6 Å². The molecule has 2 fully saturated rings. The maximum absolute atomic E-state index is 14.6. The van der Waals surface area contributed by atoms with E-state index in [2.05, 4.69) is 57.2 Å². The van der Waals surface area contributed by atoms with E-state index in [4.69, 9.17) is 10.8 Å². The molecular formula is C34H37FN6O. The number of fused-ring (bicyclic) bond motifs is 8. The number of hydrogen-bond donors (Lipinski definition) is 1. The van der Waals surface area contributed by atoms with Gasteiger partial charge < -0.3 is 15.5 Å². The summed E-state index contributed by atoms with van der Waals surface area (Å²) >= 11 is 0. The van der Waals surface area contributed by atoms with Crippen LogP contribution in [0.15, 0.2) is 67.0 Å². The summed E-state index contributed by atoms with van der Waals surface area (Å²) in [5, 5.41) is 5.13. The van der Waals surface area contributed by atoms with Crippen LogP contribution in [0.25, 0.3) is 11.1 Å². The highest BCUT2D eigenvalue weighted by molar-refractivity contribution is 5.96. The van der Waals surface area contributed by atoms with Crippen LogP contribution in [0.3, 0.4) is 0 Å². The minimum absolute atomic E-state index is 0.132. The number of nitrogens with zero attached hydrogens (tertiary/aromatic N) is 5. The molecule has 2 aromatic heterocycles. The minimum atomic E-state index is -0.345. The molecule has 2 N–H and O–H groups in total. The molecule has 8 heteroatoms. The van der Waals surface area contributed by atoms with Crippen LogP contribution in [-0.4, -0.2) is 39.2 Å². The van der Waals surface area contributed by atoms with Crippen molar-refractivity contribution in [3.8, 4) is 11.1 Å². The Hall–Kier alpha value is -4.20. The summed E-state index contributed by atoms with van der Waals surface area (Å²) in [6.45, 7) is 1.10. The van der Waals surface area contributed by atoms with Gasteiger partial charge in [0.25, 0.3) is 5.91 Å². The van der Waals surface area contributed by atoms with Crippen molar-refractivity contribution in [3.05, 3.63) is 95.2 Å².